The molecular formula is C24H23N3O3. The van der Waals surface area contributed by atoms with Gasteiger partial charge in [-0.05, 0) is 53.9 Å². The second-order valence-corrected chi connectivity index (χ2v) is 7.30. The maximum Gasteiger partial charge on any atom is 0.327 e. The van der Waals surface area contributed by atoms with E-state index in [0.29, 0.717) is 25.3 Å². The van der Waals surface area contributed by atoms with E-state index >= 15 is 0 Å². The van der Waals surface area contributed by atoms with Crippen LogP contribution in [0, 0.1) is 6.92 Å². The van der Waals surface area contributed by atoms with Gasteiger partial charge in [0.15, 0.2) is 0 Å². The van der Waals surface area contributed by atoms with Gasteiger partial charge >= 0.3 is 6.03 Å². The van der Waals surface area contributed by atoms with E-state index in [1.54, 1.807) is 17.3 Å². The number of benzene rings is 2. The number of urea groups is 1. The molecule has 1 fully saturated rings. The summed E-state index contributed by atoms with van der Waals surface area (Å²) >= 11 is 0. The molecule has 3 amide bonds. The number of aromatic nitrogens is 1. The van der Waals surface area contributed by atoms with Crippen LogP contribution < -0.4 is 4.74 Å². The van der Waals surface area contributed by atoms with Gasteiger partial charge in [0.2, 0.25) is 5.91 Å². The monoisotopic (exact) mass is 401 g/mol. The lowest BCUT2D eigenvalue weighted by atomic mass is 10.1. The van der Waals surface area contributed by atoms with Crippen molar-refractivity contribution in [2.45, 2.75) is 26.4 Å². The van der Waals surface area contributed by atoms with Gasteiger partial charge in [-0.1, -0.05) is 30.3 Å². The van der Waals surface area contributed by atoms with Crippen molar-refractivity contribution < 1.29 is 14.3 Å². The highest BCUT2D eigenvalue weighted by atomic mass is 16.5. The molecule has 1 aliphatic heterocycles. The van der Waals surface area contributed by atoms with Gasteiger partial charge in [0.1, 0.15) is 11.5 Å². The summed E-state index contributed by atoms with van der Waals surface area (Å²) in [5, 5.41) is 0. The summed E-state index contributed by atoms with van der Waals surface area (Å²) in [5.74, 6) is 1.32. The molecule has 1 saturated heterocycles. The quantitative estimate of drug-likeness (QED) is 0.608. The molecule has 4 rings (SSSR count). The smallest absolute Gasteiger partial charge is 0.327 e. The second-order valence-electron chi connectivity index (χ2n) is 7.30. The molecule has 0 spiro atoms. The van der Waals surface area contributed by atoms with E-state index in [-0.39, 0.29) is 18.5 Å². The van der Waals surface area contributed by atoms with Crippen molar-refractivity contribution in [1.29, 1.82) is 0 Å². The van der Waals surface area contributed by atoms with Gasteiger partial charge in [-0.2, -0.15) is 0 Å². The van der Waals surface area contributed by atoms with Crippen LogP contribution in [0.4, 0.5) is 4.79 Å². The molecule has 0 unspecified atom stereocenters. The fourth-order valence-electron chi connectivity index (χ4n) is 3.44. The van der Waals surface area contributed by atoms with E-state index < -0.39 is 0 Å². The van der Waals surface area contributed by atoms with E-state index in [1.165, 1.54) is 4.90 Å². The van der Waals surface area contributed by atoms with Crippen LogP contribution >= 0.6 is 0 Å². The number of rotatable bonds is 6. The lowest BCUT2D eigenvalue weighted by Gasteiger charge is -2.34. The first-order valence-corrected chi connectivity index (χ1v) is 9.91. The van der Waals surface area contributed by atoms with Crippen LogP contribution in [-0.4, -0.2) is 33.3 Å². The van der Waals surface area contributed by atoms with Crippen molar-refractivity contribution in [3.8, 4) is 11.5 Å². The predicted octanol–water partition coefficient (Wildman–Crippen LogP) is 4.54. The maximum absolute atomic E-state index is 13.0. The maximum atomic E-state index is 13.0. The zero-order chi connectivity index (χ0) is 20.9. The Kier molecular flexibility index (Phi) is 5.75. The van der Waals surface area contributed by atoms with Gasteiger partial charge in [-0.15, -0.1) is 0 Å². The van der Waals surface area contributed by atoms with E-state index in [2.05, 4.69) is 4.98 Å². The number of ether oxygens (including phenoxy) is 1. The average Bonchev–Trinajstić information content (AvgIpc) is 2.75. The Morgan fingerprint density at radius 3 is 2.57 bits per heavy atom. The van der Waals surface area contributed by atoms with Crippen molar-refractivity contribution in [3.63, 3.8) is 0 Å². The molecular weight excluding hydrogens is 378 g/mol. The Hall–Kier alpha value is -3.67. The molecule has 2 heterocycles. The Balaban J connectivity index is 1.46. The van der Waals surface area contributed by atoms with Gasteiger partial charge in [0.25, 0.3) is 0 Å². The summed E-state index contributed by atoms with van der Waals surface area (Å²) in [6, 6.07) is 18.8. The van der Waals surface area contributed by atoms with Crippen molar-refractivity contribution in [3.05, 3.63) is 89.7 Å². The summed E-state index contributed by atoms with van der Waals surface area (Å²) in [6.07, 6.45) is 3.73. The summed E-state index contributed by atoms with van der Waals surface area (Å²) in [4.78, 5) is 32.5. The number of carbonyl (C=O) groups excluding carboxylic acids is 2. The third kappa shape index (κ3) is 4.49. The summed E-state index contributed by atoms with van der Waals surface area (Å²) in [6.45, 7) is 3.02. The van der Waals surface area contributed by atoms with Crippen molar-refractivity contribution in [2.75, 3.05) is 6.54 Å². The van der Waals surface area contributed by atoms with Gasteiger partial charge < -0.3 is 9.64 Å². The van der Waals surface area contributed by atoms with E-state index in [0.717, 1.165) is 22.4 Å². The number of hydrogen-bond donors (Lipinski definition) is 0. The molecule has 6 nitrogen and oxygen atoms in total. The number of hydrogen-bond acceptors (Lipinski definition) is 4. The third-order valence-electron chi connectivity index (χ3n) is 5.11. The van der Waals surface area contributed by atoms with E-state index in [9.17, 15) is 9.59 Å². The number of carbonyl (C=O) groups is 2. The molecule has 6 heteroatoms. The van der Waals surface area contributed by atoms with E-state index in [4.69, 9.17) is 4.74 Å². The lowest BCUT2D eigenvalue weighted by Crippen LogP contribution is -2.51. The van der Waals surface area contributed by atoms with Crippen LogP contribution in [0.3, 0.4) is 0 Å². The molecule has 0 aliphatic carbocycles. The first-order valence-electron chi connectivity index (χ1n) is 9.91. The predicted molar refractivity (Wildman–Crippen MR) is 113 cm³/mol. The number of imide groups is 1. The second kappa shape index (κ2) is 8.78. The Morgan fingerprint density at radius 1 is 0.967 bits per heavy atom. The van der Waals surface area contributed by atoms with Crippen LogP contribution in [0.5, 0.6) is 11.5 Å². The summed E-state index contributed by atoms with van der Waals surface area (Å²) < 4.78 is 5.89. The normalized spacial score (nSPS) is 14.2. The molecule has 1 aromatic heterocycles. The fraction of sp³-hybridized carbons (Fsp3) is 0.208. The number of amides is 3. The highest BCUT2D eigenvalue weighted by molar-refractivity contribution is 5.96. The summed E-state index contributed by atoms with van der Waals surface area (Å²) in [7, 11) is 0. The minimum atomic E-state index is -0.267. The minimum absolute atomic E-state index is 0.145. The molecule has 0 radical (unpaired) electrons. The molecule has 0 bridgehead atoms. The molecule has 0 saturated carbocycles. The van der Waals surface area contributed by atoms with Crippen LogP contribution in [0.25, 0.3) is 0 Å². The van der Waals surface area contributed by atoms with Crippen LogP contribution in [-0.2, 0) is 17.9 Å². The third-order valence-corrected chi connectivity index (χ3v) is 5.11. The van der Waals surface area contributed by atoms with Gasteiger partial charge in [-0.25, -0.2) is 4.79 Å². The average molecular weight is 401 g/mol. The van der Waals surface area contributed by atoms with Crippen molar-refractivity contribution in [1.82, 2.24) is 14.8 Å². The topological polar surface area (TPSA) is 62.7 Å². The van der Waals surface area contributed by atoms with Crippen LogP contribution in [0.2, 0.25) is 0 Å². The van der Waals surface area contributed by atoms with Crippen LogP contribution in [0.15, 0.2) is 73.1 Å². The lowest BCUT2D eigenvalue weighted by molar-refractivity contribution is -0.131. The zero-order valence-electron chi connectivity index (χ0n) is 16.8. The Labute approximate surface area is 175 Å². The number of pyridine rings is 1. The first kappa shape index (κ1) is 19.6. The largest absolute Gasteiger partial charge is 0.457 e. The molecule has 30 heavy (non-hydrogen) atoms. The Morgan fingerprint density at radius 2 is 1.77 bits per heavy atom. The van der Waals surface area contributed by atoms with Gasteiger partial charge in [0.05, 0.1) is 6.54 Å². The standard InChI is InChI=1S/C24H23N3O3/c1-18-15-25-12-10-20(18)17-27-23(28)11-13-26(24(27)29)16-19-6-5-9-22(14-19)30-21-7-3-2-4-8-21/h2-10,12,14-15H,11,13,16-17H2,1H3. The fourth-order valence-corrected chi connectivity index (χ4v) is 3.44. The van der Waals surface area contributed by atoms with Gasteiger partial charge in [-0.3, -0.25) is 14.7 Å². The molecule has 0 atom stereocenters. The van der Waals surface area contributed by atoms with Crippen molar-refractivity contribution in [2.24, 2.45) is 0 Å². The van der Waals surface area contributed by atoms with E-state index in [1.807, 2.05) is 67.6 Å². The molecule has 0 N–H and O–H groups in total. The molecule has 2 aromatic carbocycles. The highest BCUT2D eigenvalue weighted by Gasteiger charge is 2.32. The molecule has 1 aliphatic rings. The molecule has 3 aromatic rings. The number of aryl methyl sites for hydroxylation is 1. The first-order chi connectivity index (χ1) is 14.6. The Bertz CT molecular complexity index is 1050. The number of nitrogens with zero attached hydrogens (tertiary/aromatic N) is 3. The zero-order valence-corrected chi connectivity index (χ0v) is 16.8. The van der Waals surface area contributed by atoms with Crippen molar-refractivity contribution >= 4 is 11.9 Å². The highest BCUT2D eigenvalue weighted by Crippen LogP contribution is 2.24. The van der Waals surface area contributed by atoms with Gasteiger partial charge in [0, 0.05) is 31.9 Å². The SMILES string of the molecule is Cc1cnccc1CN1C(=O)CCN(Cc2cccc(Oc3ccccc3)c2)C1=O. The van der Waals surface area contributed by atoms with Crippen LogP contribution in [0.1, 0.15) is 23.1 Å². The minimum Gasteiger partial charge on any atom is -0.457 e. The molecule has 152 valence electrons. The summed E-state index contributed by atoms with van der Waals surface area (Å²) in [5.41, 5.74) is 2.83. The number of para-hydroxylation sites is 1.